The summed E-state index contributed by atoms with van der Waals surface area (Å²) in [6, 6.07) is 16.4. The first-order chi connectivity index (χ1) is 17.0. The average Bonchev–Trinajstić information content (AvgIpc) is 3.49. The molecule has 4 rings (SSSR count). The maximum atomic E-state index is 13.3. The van der Waals surface area contributed by atoms with Crippen molar-refractivity contribution >= 4 is 29.2 Å². The van der Waals surface area contributed by atoms with Crippen molar-refractivity contribution in [3.63, 3.8) is 0 Å². The van der Waals surface area contributed by atoms with Crippen LogP contribution in [0, 0.1) is 5.92 Å². The van der Waals surface area contributed by atoms with Gasteiger partial charge in [-0.25, -0.2) is 4.68 Å². The molecule has 3 amide bonds. The number of carbonyl (C=O) groups is 3. The standard InChI is InChI=1S/C26H29N5O4/c1-4-29(5-2)26(34)22-16-27-31(20-9-7-6-8-10-20)24(22)28-25(33)18-15-23(32)30(17-18)19-11-13-21(35-3)14-12-19/h6-14,16,18H,4-5,15,17H2,1-3H3,(H,28,33). The molecular formula is C26H29N5O4. The van der Waals surface area contributed by atoms with Crippen molar-refractivity contribution in [3.8, 4) is 11.4 Å². The van der Waals surface area contributed by atoms with Gasteiger partial charge < -0.3 is 19.9 Å². The second-order valence-corrected chi connectivity index (χ2v) is 8.22. The van der Waals surface area contributed by atoms with Crippen LogP contribution >= 0.6 is 0 Å². The highest BCUT2D eigenvalue weighted by Crippen LogP contribution is 2.29. The first-order valence-corrected chi connectivity index (χ1v) is 11.6. The monoisotopic (exact) mass is 475 g/mol. The largest absolute Gasteiger partial charge is 0.497 e. The van der Waals surface area contributed by atoms with E-state index in [9.17, 15) is 14.4 Å². The van der Waals surface area contributed by atoms with E-state index in [4.69, 9.17) is 4.74 Å². The quantitative estimate of drug-likeness (QED) is 0.539. The Morgan fingerprint density at radius 1 is 1.06 bits per heavy atom. The third kappa shape index (κ3) is 4.89. The fourth-order valence-electron chi connectivity index (χ4n) is 4.19. The molecule has 1 N–H and O–H groups in total. The molecule has 1 atom stereocenters. The van der Waals surface area contributed by atoms with E-state index >= 15 is 0 Å². The summed E-state index contributed by atoms with van der Waals surface area (Å²) in [7, 11) is 1.58. The Balaban J connectivity index is 1.60. The van der Waals surface area contributed by atoms with E-state index in [0.29, 0.717) is 41.6 Å². The summed E-state index contributed by atoms with van der Waals surface area (Å²) in [6.45, 7) is 5.12. The Kier molecular flexibility index (Phi) is 7.14. The summed E-state index contributed by atoms with van der Waals surface area (Å²) < 4.78 is 6.73. The van der Waals surface area contributed by atoms with Gasteiger partial charge in [-0.1, -0.05) is 18.2 Å². The van der Waals surface area contributed by atoms with Crippen molar-refractivity contribution in [2.75, 3.05) is 37.0 Å². The second-order valence-electron chi connectivity index (χ2n) is 8.22. The van der Waals surface area contributed by atoms with Gasteiger partial charge in [-0.2, -0.15) is 5.10 Å². The molecule has 182 valence electrons. The highest BCUT2D eigenvalue weighted by atomic mass is 16.5. The van der Waals surface area contributed by atoms with Crippen LogP contribution in [-0.2, 0) is 9.59 Å². The van der Waals surface area contributed by atoms with E-state index in [1.165, 1.54) is 6.20 Å². The topological polar surface area (TPSA) is 96.8 Å². The van der Waals surface area contributed by atoms with E-state index in [1.807, 2.05) is 44.2 Å². The van der Waals surface area contributed by atoms with E-state index in [2.05, 4.69) is 10.4 Å². The van der Waals surface area contributed by atoms with Crippen LogP contribution < -0.4 is 15.0 Å². The Labute approximate surface area is 204 Å². The lowest BCUT2D eigenvalue weighted by Gasteiger charge is -2.20. The zero-order chi connectivity index (χ0) is 24.9. The Hall–Kier alpha value is -4.14. The van der Waals surface area contributed by atoms with Crippen molar-refractivity contribution in [3.05, 3.63) is 66.4 Å². The molecule has 0 aliphatic carbocycles. The zero-order valence-electron chi connectivity index (χ0n) is 20.1. The molecule has 0 radical (unpaired) electrons. The first-order valence-electron chi connectivity index (χ1n) is 11.6. The SMILES string of the molecule is CCN(CC)C(=O)c1cnn(-c2ccccc2)c1NC(=O)C1CC(=O)N(c2ccc(OC)cc2)C1. The van der Waals surface area contributed by atoms with E-state index < -0.39 is 5.92 Å². The number of nitrogens with zero attached hydrogens (tertiary/aromatic N) is 4. The molecule has 1 fully saturated rings. The molecule has 1 unspecified atom stereocenters. The summed E-state index contributed by atoms with van der Waals surface area (Å²) >= 11 is 0. The van der Waals surface area contributed by atoms with Gasteiger partial charge in [0, 0.05) is 31.7 Å². The van der Waals surface area contributed by atoms with Crippen LogP contribution in [0.4, 0.5) is 11.5 Å². The minimum Gasteiger partial charge on any atom is -0.497 e. The molecule has 0 saturated carbocycles. The number of ether oxygens (including phenoxy) is 1. The van der Waals surface area contributed by atoms with Gasteiger partial charge in [-0.15, -0.1) is 0 Å². The molecule has 9 heteroatoms. The van der Waals surface area contributed by atoms with Gasteiger partial charge in [-0.05, 0) is 50.2 Å². The molecule has 1 saturated heterocycles. The summed E-state index contributed by atoms with van der Waals surface area (Å²) in [4.78, 5) is 42.5. The van der Waals surface area contributed by atoms with Gasteiger partial charge in [0.1, 0.15) is 17.1 Å². The first kappa shape index (κ1) is 24.0. The number of aromatic nitrogens is 2. The summed E-state index contributed by atoms with van der Waals surface area (Å²) in [5.74, 6) is -0.260. The molecule has 35 heavy (non-hydrogen) atoms. The number of amides is 3. The lowest BCUT2D eigenvalue weighted by Crippen LogP contribution is -2.32. The van der Waals surface area contributed by atoms with Crippen LogP contribution in [0.15, 0.2) is 60.8 Å². The maximum absolute atomic E-state index is 13.3. The van der Waals surface area contributed by atoms with Gasteiger partial charge in [0.25, 0.3) is 5.91 Å². The number of carbonyl (C=O) groups excluding carboxylic acids is 3. The normalized spacial score (nSPS) is 15.2. The third-order valence-electron chi connectivity index (χ3n) is 6.17. The Morgan fingerprint density at radius 2 is 1.74 bits per heavy atom. The smallest absolute Gasteiger partial charge is 0.259 e. The van der Waals surface area contributed by atoms with Crippen molar-refractivity contribution in [1.82, 2.24) is 14.7 Å². The van der Waals surface area contributed by atoms with Crippen molar-refractivity contribution in [1.29, 1.82) is 0 Å². The van der Waals surface area contributed by atoms with E-state index in [0.717, 1.165) is 0 Å². The predicted molar refractivity (Wildman–Crippen MR) is 133 cm³/mol. The second kappa shape index (κ2) is 10.4. The van der Waals surface area contributed by atoms with Gasteiger partial charge >= 0.3 is 0 Å². The average molecular weight is 476 g/mol. The van der Waals surface area contributed by atoms with E-state index in [1.54, 1.807) is 45.9 Å². The minimum absolute atomic E-state index is 0.0800. The minimum atomic E-state index is -0.569. The van der Waals surface area contributed by atoms with Crippen LogP contribution in [0.3, 0.4) is 0 Å². The highest BCUT2D eigenvalue weighted by Gasteiger charge is 2.36. The lowest BCUT2D eigenvalue weighted by molar-refractivity contribution is -0.122. The Bertz CT molecular complexity index is 1200. The van der Waals surface area contributed by atoms with Crippen LogP contribution in [-0.4, -0.2) is 59.1 Å². The van der Waals surface area contributed by atoms with Crippen molar-refractivity contribution in [2.45, 2.75) is 20.3 Å². The summed E-state index contributed by atoms with van der Waals surface area (Å²) in [5, 5.41) is 7.31. The van der Waals surface area contributed by atoms with Gasteiger partial charge in [0.05, 0.1) is 24.9 Å². The Morgan fingerprint density at radius 3 is 2.37 bits per heavy atom. The number of methoxy groups -OCH3 is 1. The van der Waals surface area contributed by atoms with E-state index in [-0.39, 0.29) is 30.7 Å². The number of para-hydroxylation sites is 1. The maximum Gasteiger partial charge on any atom is 0.259 e. The molecular weight excluding hydrogens is 446 g/mol. The van der Waals surface area contributed by atoms with Gasteiger partial charge in [0.2, 0.25) is 11.8 Å². The predicted octanol–water partition coefficient (Wildman–Crippen LogP) is 3.35. The van der Waals surface area contributed by atoms with Crippen molar-refractivity contribution < 1.29 is 19.1 Å². The molecule has 1 aromatic heterocycles. The van der Waals surface area contributed by atoms with Gasteiger partial charge in [0.15, 0.2) is 0 Å². The number of benzene rings is 2. The van der Waals surface area contributed by atoms with Crippen LogP contribution in [0.25, 0.3) is 5.69 Å². The number of hydrogen-bond acceptors (Lipinski definition) is 5. The lowest BCUT2D eigenvalue weighted by atomic mass is 10.1. The fraction of sp³-hybridized carbons (Fsp3) is 0.308. The summed E-state index contributed by atoms with van der Waals surface area (Å²) in [6.07, 6.45) is 1.56. The highest BCUT2D eigenvalue weighted by molar-refractivity contribution is 6.06. The number of nitrogens with one attached hydrogen (secondary N) is 1. The third-order valence-corrected chi connectivity index (χ3v) is 6.17. The summed E-state index contributed by atoms with van der Waals surface area (Å²) in [5.41, 5.74) is 1.73. The molecule has 0 bridgehead atoms. The molecule has 0 spiro atoms. The molecule has 1 aliphatic rings. The molecule has 2 aromatic carbocycles. The van der Waals surface area contributed by atoms with Crippen LogP contribution in [0.1, 0.15) is 30.6 Å². The number of hydrogen-bond donors (Lipinski definition) is 1. The van der Waals surface area contributed by atoms with Crippen LogP contribution in [0.5, 0.6) is 5.75 Å². The number of rotatable bonds is 8. The van der Waals surface area contributed by atoms with Crippen LogP contribution in [0.2, 0.25) is 0 Å². The molecule has 1 aliphatic heterocycles. The number of anilines is 2. The zero-order valence-corrected chi connectivity index (χ0v) is 20.1. The molecule has 2 heterocycles. The fourth-order valence-corrected chi connectivity index (χ4v) is 4.19. The molecule has 3 aromatic rings. The molecule has 9 nitrogen and oxygen atoms in total. The van der Waals surface area contributed by atoms with Gasteiger partial charge in [-0.3, -0.25) is 14.4 Å². The van der Waals surface area contributed by atoms with Crippen molar-refractivity contribution in [2.24, 2.45) is 5.92 Å².